The summed E-state index contributed by atoms with van der Waals surface area (Å²) in [7, 11) is 0. The second-order valence-corrected chi connectivity index (χ2v) is 4.43. The molecule has 110 valence electrons. The van der Waals surface area contributed by atoms with E-state index in [9.17, 15) is 13.6 Å². The molecule has 0 unspecified atom stereocenters. The van der Waals surface area contributed by atoms with E-state index in [1.165, 1.54) is 24.4 Å². The van der Waals surface area contributed by atoms with Crippen molar-refractivity contribution in [3.05, 3.63) is 58.5 Å². The number of nitrogens with two attached hydrogens (primary N) is 1. The molecule has 2 heterocycles. The van der Waals surface area contributed by atoms with Gasteiger partial charge in [-0.3, -0.25) is 4.79 Å². The van der Waals surface area contributed by atoms with Gasteiger partial charge in [-0.15, -0.1) is 0 Å². The lowest BCUT2D eigenvalue weighted by Crippen LogP contribution is -2.07. The van der Waals surface area contributed by atoms with Crippen molar-refractivity contribution in [3.8, 4) is 22.5 Å². The summed E-state index contributed by atoms with van der Waals surface area (Å²) in [5.41, 5.74) is 6.60. The molecular formula is C14H9F2N5O. The molecule has 0 fully saturated rings. The van der Waals surface area contributed by atoms with E-state index in [0.717, 1.165) is 12.1 Å². The molecule has 1 aromatic carbocycles. The first-order valence-electron chi connectivity index (χ1n) is 6.18. The van der Waals surface area contributed by atoms with Crippen LogP contribution in [0.15, 0.2) is 41.3 Å². The maximum absolute atomic E-state index is 13.4. The van der Waals surface area contributed by atoms with Crippen LogP contribution in [0.1, 0.15) is 0 Å². The van der Waals surface area contributed by atoms with Crippen LogP contribution < -0.4 is 11.3 Å². The molecule has 0 atom stereocenters. The molecule has 3 N–H and O–H groups in total. The largest absolute Gasteiger partial charge is 0.368 e. The van der Waals surface area contributed by atoms with Gasteiger partial charge >= 0.3 is 0 Å². The Bertz CT molecular complexity index is 889. The van der Waals surface area contributed by atoms with E-state index in [-0.39, 0.29) is 17.2 Å². The molecule has 0 aliphatic rings. The van der Waals surface area contributed by atoms with Crippen molar-refractivity contribution < 1.29 is 8.78 Å². The van der Waals surface area contributed by atoms with Crippen molar-refractivity contribution in [2.45, 2.75) is 0 Å². The average Bonchev–Trinajstić information content (AvgIpc) is 2.51. The Morgan fingerprint density at radius 2 is 1.91 bits per heavy atom. The maximum atomic E-state index is 13.4. The van der Waals surface area contributed by atoms with Crippen molar-refractivity contribution in [1.29, 1.82) is 0 Å². The minimum Gasteiger partial charge on any atom is -0.368 e. The second kappa shape index (κ2) is 5.32. The fraction of sp³-hybridized carbons (Fsp3) is 0. The predicted octanol–water partition coefficient (Wildman–Crippen LogP) is 1.75. The van der Waals surface area contributed by atoms with Crippen molar-refractivity contribution in [3.63, 3.8) is 0 Å². The van der Waals surface area contributed by atoms with Gasteiger partial charge in [-0.25, -0.2) is 23.8 Å². The number of benzene rings is 1. The number of rotatable bonds is 2. The molecule has 3 aromatic rings. The first-order chi connectivity index (χ1) is 10.5. The third-order valence-corrected chi connectivity index (χ3v) is 2.96. The summed E-state index contributed by atoms with van der Waals surface area (Å²) in [6.45, 7) is 0. The van der Waals surface area contributed by atoms with Gasteiger partial charge in [0.2, 0.25) is 5.95 Å². The minimum atomic E-state index is -1.00. The number of hydrogen-bond donors (Lipinski definition) is 2. The van der Waals surface area contributed by atoms with Crippen LogP contribution in [0.2, 0.25) is 0 Å². The molecule has 22 heavy (non-hydrogen) atoms. The predicted molar refractivity (Wildman–Crippen MR) is 75.6 cm³/mol. The Morgan fingerprint density at radius 1 is 1.09 bits per heavy atom. The summed E-state index contributed by atoms with van der Waals surface area (Å²) in [5.74, 6) is -1.99. The number of H-pyrrole nitrogens is 1. The highest BCUT2D eigenvalue weighted by Crippen LogP contribution is 2.29. The molecule has 2 aromatic heterocycles. The number of nitrogen functional groups attached to an aromatic ring is 1. The van der Waals surface area contributed by atoms with Gasteiger partial charge in [0.05, 0.1) is 11.4 Å². The lowest BCUT2D eigenvalue weighted by molar-refractivity contribution is 0.509. The number of hydrogen-bond acceptors (Lipinski definition) is 5. The fourth-order valence-electron chi connectivity index (χ4n) is 1.94. The van der Waals surface area contributed by atoms with Crippen LogP contribution in [0.4, 0.5) is 14.7 Å². The van der Waals surface area contributed by atoms with E-state index in [1.807, 2.05) is 0 Å². The Kier molecular flexibility index (Phi) is 3.34. The van der Waals surface area contributed by atoms with Crippen LogP contribution >= 0.6 is 0 Å². The summed E-state index contributed by atoms with van der Waals surface area (Å²) in [5, 5.41) is 6.16. The van der Waals surface area contributed by atoms with Gasteiger partial charge in [0, 0.05) is 23.4 Å². The zero-order valence-corrected chi connectivity index (χ0v) is 11.0. The van der Waals surface area contributed by atoms with Crippen molar-refractivity contribution in [2.75, 3.05) is 5.73 Å². The summed E-state index contributed by atoms with van der Waals surface area (Å²) in [4.78, 5) is 19.0. The Balaban J connectivity index is 2.21. The van der Waals surface area contributed by atoms with E-state index < -0.39 is 11.6 Å². The van der Waals surface area contributed by atoms with Crippen LogP contribution in [0.3, 0.4) is 0 Å². The van der Waals surface area contributed by atoms with Crippen LogP contribution in [-0.4, -0.2) is 20.2 Å². The molecule has 0 saturated carbocycles. The van der Waals surface area contributed by atoms with Gasteiger partial charge in [-0.1, -0.05) is 0 Å². The zero-order chi connectivity index (χ0) is 15.7. The highest BCUT2D eigenvalue weighted by molar-refractivity contribution is 5.78. The van der Waals surface area contributed by atoms with E-state index >= 15 is 0 Å². The fourth-order valence-corrected chi connectivity index (χ4v) is 1.94. The molecule has 0 radical (unpaired) electrons. The monoisotopic (exact) mass is 301 g/mol. The zero-order valence-electron chi connectivity index (χ0n) is 11.0. The smallest absolute Gasteiger partial charge is 0.264 e. The number of anilines is 1. The first kappa shape index (κ1) is 13.8. The standard InChI is InChI=1S/C14H9F2N5O/c15-9-2-1-7(5-10(9)16)13-8(6-18-14(17)19-13)11-3-4-12(22)21-20-11/h1-6H,(H,21,22)(H2,17,18,19). The quantitative estimate of drug-likeness (QED) is 0.751. The van der Waals surface area contributed by atoms with Gasteiger partial charge in [0.15, 0.2) is 11.6 Å². The van der Waals surface area contributed by atoms with E-state index in [4.69, 9.17) is 5.73 Å². The second-order valence-electron chi connectivity index (χ2n) is 4.43. The minimum absolute atomic E-state index is 0.0205. The van der Waals surface area contributed by atoms with Crippen LogP contribution in [0, 0.1) is 11.6 Å². The maximum Gasteiger partial charge on any atom is 0.264 e. The van der Waals surface area contributed by atoms with E-state index in [1.54, 1.807) is 0 Å². The molecule has 0 aliphatic carbocycles. The number of nitrogens with zero attached hydrogens (tertiary/aromatic N) is 3. The molecule has 0 aliphatic heterocycles. The topological polar surface area (TPSA) is 97.5 Å². The van der Waals surface area contributed by atoms with Crippen LogP contribution in [-0.2, 0) is 0 Å². The van der Waals surface area contributed by atoms with Gasteiger partial charge in [-0.05, 0) is 24.3 Å². The molecule has 0 saturated heterocycles. The highest BCUT2D eigenvalue weighted by atomic mass is 19.2. The van der Waals surface area contributed by atoms with Crippen molar-refractivity contribution >= 4 is 5.95 Å². The molecular weight excluding hydrogens is 292 g/mol. The number of nitrogens with one attached hydrogen (secondary N) is 1. The van der Waals surface area contributed by atoms with Crippen LogP contribution in [0.25, 0.3) is 22.5 Å². The number of aromatic amines is 1. The first-order valence-corrected chi connectivity index (χ1v) is 6.18. The van der Waals surface area contributed by atoms with Gasteiger partial charge in [-0.2, -0.15) is 5.10 Å². The Hall–Kier alpha value is -3.16. The Labute approximate surface area is 122 Å². The molecule has 8 heteroatoms. The van der Waals surface area contributed by atoms with Crippen molar-refractivity contribution in [2.24, 2.45) is 0 Å². The molecule has 3 rings (SSSR count). The molecule has 0 bridgehead atoms. The number of aromatic nitrogens is 4. The van der Waals surface area contributed by atoms with Crippen molar-refractivity contribution in [1.82, 2.24) is 20.2 Å². The van der Waals surface area contributed by atoms with Gasteiger partial charge in [0.1, 0.15) is 0 Å². The molecule has 6 nitrogen and oxygen atoms in total. The average molecular weight is 301 g/mol. The van der Waals surface area contributed by atoms with Crippen LogP contribution in [0.5, 0.6) is 0 Å². The molecule has 0 spiro atoms. The van der Waals surface area contributed by atoms with Gasteiger partial charge < -0.3 is 5.73 Å². The lowest BCUT2D eigenvalue weighted by atomic mass is 10.0. The third kappa shape index (κ3) is 2.53. The van der Waals surface area contributed by atoms with Gasteiger partial charge in [0.25, 0.3) is 5.56 Å². The SMILES string of the molecule is Nc1ncc(-c2ccc(=O)[nH]n2)c(-c2ccc(F)c(F)c2)n1. The number of halogens is 2. The highest BCUT2D eigenvalue weighted by Gasteiger charge is 2.14. The summed E-state index contributed by atoms with van der Waals surface area (Å²) >= 11 is 0. The normalized spacial score (nSPS) is 10.6. The van der Waals surface area contributed by atoms with E-state index in [0.29, 0.717) is 16.8 Å². The summed E-state index contributed by atoms with van der Waals surface area (Å²) in [6, 6.07) is 6.12. The lowest BCUT2D eigenvalue weighted by Gasteiger charge is -2.08. The third-order valence-electron chi connectivity index (χ3n) is 2.96. The Morgan fingerprint density at radius 3 is 2.59 bits per heavy atom. The van der Waals surface area contributed by atoms with E-state index in [2.05, 4.69) is 20.2 Å². The summed E-state index contributed by atoms with van der Waals surface area (Å²) in [6.07, 6.45) is 1.40. The molecule has 0 amide bonds. The summed E-state index contributed by atoms with van der Waals surface area (Å²) < 4.78 is 26.5.